The highest BCUT2D eigenvalue weighted by Gasteiger charge is 2.31. The molecular formula is C14H22N4O3. The summed E-state index contributed by atoms with van der Waals surface area (Å²) < 4.78 is 10.3. The predicted octanol–water partition coefficient (Wildman–Crippen LogP) is 0.276. The third-order valence-electron chi connectivity index (χ3n) is 3.88. The Morgan fingerprint density at radius 1 is 1.43 bits per heavy atom. The fourth-order valence-electron chi connectivity index (χ4n) is 2.55. The molecule has 1 amide bonds. The summed E-state index contributed by atoms with van der Waals surface area (Å²) in [5.41, 5.74) is 0.322. The highest BCUT2D eigenvalue weighted by Crippen LogP contribution is 2.19. The number of hydrogen-bond donors (Lipinski definition) is 0. The Labute approximate surface area is 124 Å². The lowest BCUT2D eigenvalue weighted by Gasteiger charge is -2.25. The van der Waals surface area contributed by atoms with Crippen LogP contribution in [-0.2, 0) is 4.74 Å². The van der Waals surface area contributed by atoms with Gasteiger partial charge >= 0.3 is 0 Å². The van der Waals surface area contributed by atoms with Gasteiger partial charge in [0.25, 0.3) is 5.91 Å². The van der Waals surface area contributed by atoms with Gasteiger partial charge in [-0.2, -0.15) is 0 Å². The van der Waals surface area contributed by atoms with Gasteiger partial charge in [-0.05, 0) is 19.5 Å². The lowest BCUT2D eigenvalue weighted by atomic mass is 10.2. The second-order valence-corrected chi connectivity index (χ2v) is 5.33. The number of aromatic nitrogens is 2. The molecule has 1 saturated heterocycles. The lowest BCUT2D eigenvalue weighted by molar-refractivity contribution is 0.0753. The second-order valence-electron chi connectivity index (χ2n) is 5.33. The van der Waals surface area contributed by atoms with E-state index in [2.05, 4.69) is 22.1 Å². The minimum absolute atomic E-state index is 0.139. The van der Waals surface area contributed by atoms with Crippen LogP contribution in [0.25, 0.3) is 0 Å². The molecule has 1 aliphatic heterocycles. The van der Waals surface area contributed by atoms with Crippen LogP contribution < -0.4 is 4.74 Å². The lowest BCUT2D eigenvalue weighted by Crippen LogP contribution is -2.39. The van der Waals surface area contributed by atoms with E-state index in [1.54, 1.807) is 31.2 Å². The van der Waals surface area contributed by atoms with Crippen LogP contribution in [0.5, 0.6) is 5.88 Å². The van der Waals surface area contributed by atoms with Crippen molar-refractivity contribution in [1.29, 1.82) is 0 Å². The summed E-state index contributed by atoms with van der Waals surface area (Å²) in [6.45, 7) is 1.54. The van der Waals surface area contributed by atoms with E-state index < -0.39 is 0 Å². The van der Waals surface area contributed by atoms with Crippen molar-refractivity contribution in [2.24, 2.45) is 0 Å². The molecule has 116 valence electrons. The minimum atomic E-state index is -0.139. The van der Waals surface area contributed by atoms with E-state index in [9.17, 15) is 4.79 Å². The molecule has 0 N–H and O–H groups in total. The van der Waals surface area contributed by atoms with Gasteiger partial charge in [0.1, 0.15) is 0 Å². The molecule has 0 spiro atoms. The van der Waals surface area contributed by atoms with Gasteiger partial charge in [-0.1, -0.05) is 0 Å². The third-order valence-corrected chi connectivity index (χ3v) is 3.88. The van der Waals surface area contributed by atoms with E-state index in [1.165, 1.54) is 7.11 Å². The summed E-state index contributed by atoms with van der Waals surface area (Å²) in [6, 6.07) is 3.56. The van der Waals surface area contributed by atoms with Gasteiger partial charge in [0.15, 0.2) is 5.69 Å². The van der Waals surface area contributed by atoms with Gasteiger partial charge in [0, 0.05) is 39.4 Å². The average Bonchev–Trinajstić information content (AvgIpc) is 2.86. The van der Waals surface area contributed by atoms with Crippen molar-refractivity contribution in [1.82, 2.24) is 20.0 Å². The van der Waals surface area contributed by atoms with Gasteiger partial charge in [-0.15, -0.1) is 10.2 Å². The maximum atomic E-state index is 12.3. The van der Waals surface area contributed by atoms with Crippen LogP contribution in [0.2, 0.25) is 0 Å². The SMILES string of the molecule is COc1ccc(C(=O)N(C)C[C@@H]2C[C@H](OC)CN2C)nn1. The molecule has 0 unspecified atom stereocenters. The Bertz CT molecular complexity index is 480. The van der Waals surface area contributed by atoms with Gasteiger partial charge in [-0.25, -0.2) is 0 Å². The molecule has 0 saturated carbocycles. The molecule has 1 aromatic rings. The molecule has 1 aliphatic rings. The molecule has 1 aromatic heterocycles. The van der Waals surface area contributed by atoms with Crippen LogP contribution in [0.15, 0.2) is 12.1 Å². The van der Waals surface area contributed by atoms with Crippen LogP contribution in [0.4, 0.5) is 0 Å². The molecule has 21 heavy (non-hydrogen) atoms. The standard InChI is InChI=1S/C14H22N4O3/c1-17-9-11(20-3)7-10(17)8-18(2)14(19)12-5-6-13(21-4)16-15-12/h5-6,10-11H,7-9H2,1-4H3/t10-,11-/m0/s1. The molecule has 2 atom stereocenters. The fourth-order valence-corrected chi connectivity index (χ4v) is 2.55. The number of carbonyl (C=O) groups is 1. The summed E-state index contributed by atoms with van der Waals surface area (Å²) in [4.78, 5) is 16.2. The normalized spacial score (nSPS) is 22.3. The van der Waals surface area contributed by atoms with E-state index in [-0.39, 0.29) is 12.0 Å². The van der Waals surface area contributed by atoms with Crippen molar-refractivity contribution < 1.29 is 14.3 Å². The molecule has 7 nitrogen and oxygen atoms in total. The van der Waals surface area contributed by atoms with Crippen molar-refractivity contribution in [3.05, 3.63) is 17.8 Å². The Morgan fingerprint density at radius 2 is 2.19 bits per heavy atom. The second kappa shape index (κ2) is 6.82. The Balaban J connectivity index is 1.96. The zero-order valence-electron chi connectivity index (χ0n) is 12.9. The molecule has 0 bridgehead atoms. The Morgan fingerprint density at radius 3 is 2.71 bits per heavy atom. The van der Waals surface area contributed by atoms with Crippen LogP contribution >= 0.6 is 0 Å². The largest absolute Gasteiger partial charge is 0.480 e. The third kappa shape index (κ3) is 3.68. The maximum absolute atomic E-state index is 12.3. The number of methoxy groups -OCH3 is 2. The molecule has 7 heteroatoms. The van der Waals surface area contributed by atoms with Crippen molar-refractivity contribution in [2.45, 2.75) is 18.6 Å². The van der Waals surface area contributed by atoms with Crippen molar-refractivity contribution in [3.8, 4) is 5.88 Å². The van der Waals surface area contributed by atoms with Gasteiger partial charge in [-0.3, -0.25) is 9.69 Å². The first-order valence-corrected chi connectivity index (χ1v) is 6.91. The number of carbonyl (C=O) groups excluding carboxylic acids is 1. The Hall–Kier alpha value is -1.73. The van der Waals surface area contributed by atoms with Crippen LogP contribution in [0.1, 0.15) is 16.9 Å². The maximum Gasteiger partial charge on any atom is 0.274 e. The van der Waals surface area contributed by atoms with E-state index in [0.717, 1.165) is 13.0 Å². The smallest absolute Gasteiger partial charge is 0.274 e. The number of nitrogens with zero attached hydrogens (tertiary/aromatic N) is 4. The summed E-state index contributed by atoms with van der Waals surface area (Å²) >= 11 is 0. The van der Waals surface area contributed by atoms with Crippen molar-refractivity contribution in [2.75, 3.05) is 41.4 Å². The highest BCUT2D eigenvalue weighted by molar-refractivity contribution is 5.91. The van der Waals surface area contributed by atoms with Crippen molar-refractivity contribution in [3.63, 3.8) is 0 Å². The Kier molecular flexibility index (Phi) is 5.08. The number of likely N-dealkylation sites (N-methyl/N-ethyl adjacent to an activating group) is 2. The first kappa shape index (κ1) is 15.7. The van der Waals surface area contributed by atoms with Crippen molar-refractivity contribution >= 4 is 5.91 Å². The first-order chi connectivity index (χ1) is 10.0. The van der Waals surface area contributed by atoms with Crippen LogP contribution in [0.3, 0.4) is 0 Å². The summed E-state index contributed by atoms with van der Waals surface area (Å²) in [7, 11) is 7.07. The molecular weight excluding hydrogens is 272 g/mol. The molecule has 0 radical (unpaired) electrons. The van der Waals surface area contributed by atoms with Crippen LogP contribution in [0, 0.1) is 0 Å². The number of rotatable bonds is 5. The zero-order chi connectivity index (χ0) is 15.4. The first-order valence-electron chi connectivity index (χ1n) is 6.91. The van der Waals surface area contributed by atoms with E-state index >= 15 is 0 Å². The fraction of sp³-hybridized carbons (Fsp3) is 0.643. The molecule has 2 heterocycles. The monoisotopic (exact) mass is 294 g/mol. The average molecular weight is 294 g/mol. The number of amides is 1. The number of hydrogen-bond acceptors (Lipinski definition) is 6. The zero-order valence-corrected chi connectivity index (χ0v) is 12.9. The van der Waals surface area contributed by atoms with Gasteiger partial charge in [0.2, 0.25) is 5.88 Å². The van der Waals surface area contributed by atoms with Gasteiger partial charge in [0.05, 0.1) is 13.2 Å². The minimum Gasteiger partial charge on any atom is -0.480 e. The van der Waals surface area contributed by atoms with E-state index in [0.29, 0.717) is 24.2 Å². The quantitative estimate of drug-likeness (QED) is 0.777. The summed E-state index contributed by atoms with van der Waals surface area (Å²) in [5, 5.41) is 7.71. The van der Waals surface area contributed by atoms with E-state index in [4.69, 9.17) is 9.47 Å². The molecule has 1 fully saturated rings. The number of ether oxygens (including phenoxy) is 2. The molecule has 0 aliphatic carbocycles. The number of likely N-dealkylation sites (tertiary alicyclic amines) is 1. The predicted molar refractivity (Wildman–Crippen MR) is 77.4 cm³/mol. The topological polar surface area (TPSA) is 67.8 Å². The molecule has 0 aromatic carbocycles. The highest BCUT2D eigenvalue weighted by atomic mass is 16.5. The summed E-state index contributed by atoms with van der Waals surface area (Å²) in [5.74, 6) is 0.257. The summed E-state index contributed by atoms with van der Waals surface area (Å²) in [6.07, 6.45) is 1.17. The van der Waals surface area contributed by atoms with Crippen LogP contribution in [-0.4, -0.2) is 79.5 Å². The molecule has 2 rings (SSSR count). The van der Waals surface area contributed by atoms with Gasteiger partial charge < -0.3 is 14.4 Å². The van der Waals surface area contributed by atoms with E-state index in [1.807, 2.05) is 0 Å².